The Morgan fingerprint density at radius 2 is 1.81 bits per heavy atom. The largest absolute Gasteiger partial charge is 0.356 e. The van der Waals surface area contributed by atoms with Gasteiger partial charge in [-0.3, -0.25) is 9.79 Å². The van der Waals surface area contributed by atoms with Crippen LogP contribution in [0.15, 0.2) is 47.5 Å². The van der Waals surface area contributed by atoms with E-state index in [9.17, 15) is 13.6 Å². The van der Waals surface area contributed by atoms with Crippen LogP contribution in [-0.2, 0) is 11.2 Å². The number of benzene rings is 2. The number of guanidine groups is 1. The summed E-state index contributed by atoms with van der Waals surface area (Å²) in [7, 11) is 1.60. The van der Waals surface area contributed by atoms with E-state index in [-0.39, 0.29) is 42.2 Å². The van der Waals surface area contributed by atoms with Gasteiger partial charge in [-0.25, -0.2) is 8.78 Å². The van der Waals surface area contributed by atoms with Crippen molar-refractivity contribution in [3.05, 3.63) is 65.2 Å². The molecule has 0 atom stereocenters. The zero-order valence-electron chi connectivity index (χ0n) is 15.2. The fraction of sp³-hybridized carbons (Fsp3) is 0.263. The maximum Gasteiger partial charge on any atom is 0.243 e. The molecule has 0 heterocycles. The highest BCUT2D eigenvalue weighted by molar-refractivity contribution is 14.0. The fourth-order valence-electron chi connectivity index (χ4n) is 2.41. The smallest absolute Gasteiger partial charge is 0.243 e. The average Bonchev–Trinajstić information content (AvgIpc) is 2.59. The highest BCUT2D eigenvalue weighted by Gasteiger charge is 2.06. The van der Waals surface area contributed by atoms with Crippen LogP contribution in [0.4, 0.5) is 14.5 Å². The predicted octanol–water partition coefficient (Wildman–Crippen LogP) is 3.24. The van der Waals surface area contributed by atoms with Crippen molar-refractivity contribution in [2.75, 3.05) is 25.5 Å². The Bertz CT molecular complexity index is 799. The molecular formula is C19H23F2IN4O. The first-order valence-electron chi connectivity index (χ1n) is 8.23. The predicted molar refractivity (Wildman–Crippen MR) is 115 cm³/mol. The molecule has 8 heteroatoms. The molecular weight excluding hydrogens is 465 g/mol. The Morgan fingerprint density at radius 1 is 1.07 bits per heavy atom. The van der Waals surface area contributed by atoms with Crippen LogP contribution in [0.3, 0.4) is 0 Å². The number of aryl methyl sites for hydroxylation is 1. The molecule has 0 saturated heterocycles. The summed E-state index contributed by atoms with van der Waals surface area (Å²) in [6.45, 7) is 2.44. The summed E-state index contributed by atoms with van der Waals surface area (Å²) < 4.78 is 26.2. The van der Waals surface area contributed by atoms with E-state index in [2.05, 4.69) is 20.9 Å². The highest BCUT2D eigenvalue weighted by Crippen LogP contribution is 2.10. The summed E-state index contributed by atoms with van der Waals surface area (Å²) in [5, 5.41) is 8.58. The second kappa shape index (κ2) is 11.5. The van der Waals surface area contributed by atoms with Gasteiger partial charge in [0.1, 0.15) is 11.6 Å². The van der Waals surface area contributed by atoms with E-state index in [1.54, 1.807) is 19.2 Å². The third-order valence-electron chi connectivity index (χ3n) is 3.74. The van der Waals surface area contributed by atoms with Crippen LogP contribution in [-0.4, -0.2) is 32.0 Å². The number of aliphatic imine (C=N–C) groups is 1. The molecule has 146 valence electrons. The molecule has 0 aliphatic heterocycles. The number of halogens is 3. The normalized spacial score (nSPS) is 10.7. The van der Waals surface area contributed by atoms with Crippen molar-refractivity contribution in [3.63, 3.8) is 0 Å². The lowest BCUT2D eigenvalue weighted by Gasteiger charge is -2.13. The molecule has 2 rings (SSSR count). The number of carbonyl (C=O) groups is 1. The number of amides is 1. The molecule has 3 N–H and O–H groups in total. The molecule has 0 aromatic heterocycles. The molecule has 0 radical (unpaired) electrons. The average molecular weight is 488 g/mol. The van der Waals surface area contributed by atoms with Crippen LogP contribution >= 0.6 is 24.0 Å². The van der Waals surface area contributed by atoms with Crippen molar-refractivity contribution in [1.82, 2.24) is 10.6 Å². The zero-order valence-corrected chi connectivity index (χ0v) is 17.5. The van der Waals surface area contributed by atoms with Gasteiger partial charge in [-0.2, -0.15) is 0 Å². The molecule has 0 bridgehead atoms. The number of hydrogen-bond acceptors (Lipinski definition) is 2. The number of rotatable bonds is 6. The van der Waals surface area contributed by atoms with Crippen molar-refractivity contribution in [3.8, 4) is 0 Å². The van der Waals surface area contributed by atoms with Crippen LogP contribution < -0.4 is 16.0 Å². The fourth-order valence-corrected chi connectivity index (χ4v) is 2.41. The first kappa shape index (κ1) is 22.8. The third kappa shape index (κ3) is 7.90. The van der Waals surface area contributed by atoms with Crippen molar-refractivity contribution in [2.45, 2.75) is 13.3 Å². The quantitative estimate of drug-likeness (QED) is 0.333. The first-order valence-corrected chi connectivity index (χ1v) is 8.23. The Hall–Kier alpha value is -2.23. The first-order chi connectivity index (χ1) is 12.5. The summed E-state index contributed by atoms with van der Waals surface area (Å²) >= 11 is 0. The van der Waals surface area contributed by atoms with E-state index in [0.717, 1.165) is 11.1 Å². The summed E-state index contributed by atoms with van der Waals surface area (Å²) in [6.07, 6.45) is 0.697. The van der Waals surface area contributed by atoms with Gasteiger partial charge < -0.3 is 16.0 Å². The second-order valence-corrected chi connectivity index (χ2v) is 5.73. The van der Waals surface area contributed by atoms with E-state index < -0.39 is 5.82 Å². The van der Waals surface area contributed by atoms with Gasteiger partial charge in [-0.15, -0.1) is 24.0 Å². The Balaban J connectivity index is 0.00000364. The minimum atomic E-state index is -0.413. The van der Waals surface area contributed by atoms with Crippen LogP contribution in [0.2, 0.25) is 0 Å². The topological polar surface area (TPSA) is 65.5 Å². The van der Waals surface area contributed by atoms with E-state index in [4.69, 9.17) is 0 Å². The summed E-state index contributed by atoms with van der Waals surface area (Å²) in [4.78, 5) is 15.9. The highest BCUT2D eigenvalue weighted by atomic mass is 127. The standard InChI is InChI=1S/C19H22F2N4O.HI/c1-13-10-16(21)7-6-14(13)8-9-23-19(22-2)24-12-18(26)25-17-5-3-4-15(20)11-17;/h3-7,10-11H,8-9,12H2,1-2H3,(H,25,26)(H2,22,23,24);1H. The van der Waals surface area contributed by atoms with Gasteiger partial charge in [0.25, 0.3) is 0 Å². The molecule has 0 spiro atoms. The number of carbonyl (C=O) groups excluding carboxylic acids is 1. The van der Waals surface area contributed by atoms with Gasteiger partial charge in [0.05, 0.1) is 6.54 Å². The number of nitrogens with one attached hydrogen (secondary N) is 3. The molecule has 2 aromatic carbocycles. The van der Waals surface area contributed by atoms with Gasteiger partial charge in [0.15, 0.2) is 5.96 Å². The molecule has 0 saturated carbocycles. The van der Waals surface area contributed by atoms with Crippen molar-refractivity contribution in [1.29, 1.82) is 0 Å². The second-order valence-electron chi connectivity index (χ2n) is 5.73. The molecule has 1 amide bonds. The van der Waals surface area contributed by atoms with Crippen molar-refractivity contribution < 1.29 is 13.6 Å². The lowest BCUT2D eigenvalue weighted by atomic mass is 10.1. The third-order valence-corrected chi connectivity index (χ3v) is 3.74. The number of nitrogens with zero attached hydrogens (tertiary/aromatic N) is 1. The van der Waals surface area contributed by atoms with Gasteiger partial charge in [-0.05, 0) is 54.8 Å². The van der Waals surface area contributed by atoms with Crippen molar-refractivity contribution in [2.24, 2.45) is 4.99 Å². The Kier molecular flexibility index (Phi) is 9.70. The van der Waals surface area contributed by atoms with E-state index in [1.165, 1.54) is 30.3 Å². The zero-order chi connectivity index (χ0) is 18.9. The lowest BCUT2D eigenvalue weighted by Crippen LogP contribution is -2.42. The van der Waals surface area contributed by atoms with Gasteiger partial charge in [0.2, 0.25) is 5.91 Å². The SMILES string of the molecule is CN=C(NCCc1ccc(F)cc1C)NCC(=O)Nc1cccc(F)c1.I. The Morgan fingerprint density at radius 3 is 2.48 bits per heavy atom. The lowest BCUT2D eigenvalue weighted by molar-refractivity contribution is -0.115. The van der Waals surface area contributed by atoms with Crippen molar-refractivity contribution >= 4 is 41.5 Å². The molecule has 0 unspecified atom stereocenters. The van der Waals surface area contributed by atoms with E-state index in [1.807, 2.05) is 6.92 Å². The minimum Gasteiger partial charge on any atom is -0.356 e. The number of anilines is 1. The van der Waals surface area contributed by atoms with Gasteiger partial charge in [-0.1, -0.05) is 12.1 Å². The molecule has 5 nitrogen and oxygen atoms in total. The van der Waals surface area contributed by atoms with E-state index in [0.29, 0.717) is 24.6 Å². The monoisotopic (exact) mass is 488 g/mol. The van der Waals surface area contributed by atoms with Gasteiger partial charge in [0, 0.05) is 19.3 Å². The molecule has 2 aromatic rings. The molecule has 27 heavy (non-hydrogen) atoms. The summed E-state index contributed by atoms with van der Waals surface area (Å²) in [6, 6.07) is 10.4. The summed E-state index contributed by atoms with van der Waals surface area (Å²) in [5.74, 6) is -0.502. The maximum absolute atomic E-state index is 13.1. The van der Waals surface area contributed by atoms with Crippen LogP contribution in [0, 0.1) is 18.6 Å². The maximum atomic E-state index is 13.1. The molecule has 0 aliphatic carbocycles. The molecule has 0 fully saturated rings. The van der Waals surface area contributed by atoms with E-state index >= 15 is 0 Å². The van der Waals surface area contributed by atoms with Crippen LogP contribution in [0.1, 0.15) is 11.1 Å². The van der Waals surface area contributed by atoms with Gasteiger partial charge >= 0.3 is 0 Å². The van der Waals surface area contributed by atoms with Crippen LogP contribution in [0.25, 0.3) is 0 Å². The van der Waals surface area contributed by atoms with Crippen LogP contribution in [0.5, 0.6) is 0 Å². The number of hydrogen-bond donors (Lipinski definition) is 3. The summed E-state index contributed by atoms with van der Waals surface area (Å²) in [5.41, 5.74) is 2.33. The minimum absolute atomic E-state index is 0. The Labute approximate surface area is 174 Å². The molecule has 0 aliphatic rings.